The van der Waals surface area contributed by atoms with Crippen molar-refractivity contribution in [1.29, 1.82) is 0 Å². The molecule has 2 aliphatic rings. The maximum atomic E-state index is 14.0. The number of carbonyl (C=O) groups excluding carboxylic acids is 3. The average molecular weight is 521 g/mol. The molecule has 13 heteroatoms. The van der Waals surface area contributed by atoms with Crippen LogP contribution < -0.4 is 15.5 Å². The van der Waals surface area contributed by atoms with Crippen molar-refractivity contribution in [1.82, 2.24) is 14.8 Å². The number of hydrogen-bond acceptors (Lipinski definition) is 8. The molecule has 2 atom stereocenters. The van der Waals surface area contributed by atoms with Gasteiger partial charge in [-0.15, -0.1) is 0 Å². The van der Waals surface area contributed by atoms with Gasteiger partial charge in [0.15, 0.2) is 11.9 Å². The van der Waals surface area contributed by atoms with E-state index < -0.39 is 65.5 Å². The molecule has 37 heavy (non-hydrogen) atoms. The van der Waals surface area contributed by atoms with E-state index in [1.165, 1.54) is 21.7 Å². The van der Waals surface area contributed by atoms with Crippen molar-refractivity contribution < 1.29 is 42.1 Å². The van der Waals surface area contributed by atoms with E-state index in [0.29, 0.717) is 6.07 Å². The van der Waals surface area contributed by atoms with Crippen molar-refractivity contribution in [2.45, 2.75) is 52.2 Å². The van der Waals surface area contributed by atoms with Gasteiger partial charge < -0.3 is 33.7 Å². The highest BCUT2D eigenvalue weighted by Gasteiger charge is 2.43. The molecule has 2 aliphatic heterocycles. The third-order valence-electron chi connectivity index (χ3n) is 5.75. The molecule has 0 spiro atoms. The Morgan fingerprint density at radius 3 is 2.70 bits per heavy atom. The molecule has 11 nitrogen and oxygen atoms in total. The molecule has 1 saturated heterocycles. The minimum Gasteiger partial charge on any atom is -0.451 e. The Labute approximate surface area is 209 Å². The minimum atomic E-state index is -1.05. The lowest BCUT2D eigenvalue weighted by atomic mass is 10.1. The number of nitrogens with one attached hydrogen (secondary N) is 1. The van der Waals surface area contributed by atoms with E-state index in [2.05, 4.69) is 5.32 Å². The van der Waals surface area contributed by atoms with Gasteiger partial charge in [0.1, 0.15) is 17.2 Å². The monoisotopic (exact) mass is 521 g/mol. The third-order valence-corrected chi connectivity index (χ3v) is 5.75. The van der Waals surface area contributed by atoms with Crippen molar-refractivity contribution in [3.63, 3.8) is 0 Å². The average Bonchev–Trinajstić information content (AvgIpc) is 3.19. The number of pyridine rings is 1. The zero-order valence-electron chi connectivity index (χ0n) is 20.3. The van der Waals surface area contributed by atoms with Crippen LogP contribution in [0.25, 0.3) is 0 Å². The first-order valence-electron chi connectivity index (χ1n) is 11.5. The number of carbonyl (C=O) groups is 3. The van der Waals surface area contributed by atoms with Gasteiger partial charge in [-0.1, -0.05) is 6.07 Å². The zero-order valence-corrected chi connectivity index (χ0v) is 20.3. The molecule has 2 amide bonds. The van der Waals surface area contributed by atoms with Gasteiger partial charge in [0.25, 0.3) is 11.8 Å². The highest BCUT2D eigenvalue weighted by molar-refractivity contribution is 5.99. The van der Waals surface area contributed by atoms with Gasteiger partial charge in [-0.25, -0.2) is 13.6 Å². The fourth-order valence-corrected chi connectivity index (χ4v) is 4.05. The predicted octanol–water partition coefficient (Wildman–Crippen LogP) is 2.16. The van der Waals surface area contributed by atoms with Crippen molar-refractivity contribution in [2.24, 2.45) is 0 Å². The van der Waals surface area contributed by atoms with Gasteiger partial charge in [0, 0.05) is 24.4 Å². The highest BCUT2D eigenvalue weighted by Crippen LogP contribution is 2.30. The smallest absolute Gasteiger partial charge is 0.451 e. The zero-order chi connectivity index (χ0) is 26.9. The Kier molecular flexibility index (Phi) is 7.43. The van der Waals surface area contributed by atoms with Crippen LogP contribution in [0.15, 0.2) is 29.2 Å². The Balaban J connectivity index is 1.64. The van der Waals surface area contributed by atoms with Crippen LogP contribution in [0.4, 0.5) is 13.6 Å². The second-order valence-electron chi connectivity index (χ2n) is 8.79. The first kappa shape index (κ1) is 26.1. The number of rotatable bonds is 7. The van der Waals surface area contributed by atoms with E-state index in [0.717, 1.165) is 6.07 Å². The lowest BCUT2D eigenvalue weighted by molar-refractivity contribution is -0.0109. The fraction of sp³-hybridized carbons (Fsp3) is 0.417. The topological polar surface area (TPSA) is 125 Å². The molecule has 0 bridgehead atoms. The number of hydrogen-bond donors (Lipinski definition) is 1. The van der Waals surface area contributed by atoms with E-state index in [-0.39, 0.29) is 37.0 Å². The van der Waals surface area contributed by atoms with Gasteiger partial charge in [0.2, 0.25) is 18.0 Å². The summed E-state index contributed by atoms with van der Waals surface area (Å²) in [7, 11) is 0. The molecular weight excluding hydrogens is 496 g/mol. The van der Waals surface area contributed by atoms with Crippen molar-refractivity contribution >= 4 is 18.0 Å². The van der Waals surface area contributed by atoms with Crippen LogP contribution in [-0.2, 0) is 27.3 Å². The standard InChI is InChI=1S/C24H25F2N3O8/c1-12(2)37-24(33)36-11-35-21-19-23(32)29-13(3)10-34-18(29)9-28(19)8-16(20(21)30)22(31)27-7-14-4-5-15(25)6-17(14)26/h4-6,8,12-13,18H,7,9-11H2,1-3H3,(H,27,31)/t13-,18+/m0/s1. The number of ether oxygens (including phenoxy) is 4. The molecule has 0 saturated carbocycles. The summed E-state index contributed by atoms with van der Waals surface area (Å²) in [6.07, 6.45) is -0.936. The van der Waals surface area contributed by atoms with Gasteiger partial charge in [-0.05, 0) is 26.8 Å². The number of fused-ring (bicyclic) bond motifs is 2. The quantitative estimate of drug-likeness (QED) is 0.434. The van der Waals surface area contributed by atoms with Gasteiger partial charge in [0.05, 0.1) is 25.3 Å². The Morgan fingerprint density at radius 1 is 1.24 bits per heavy atom. The van der Waals surface area contributed by atoms with E-state index in [1.807, 2.05) is 0 Å². The van der Waals surface area contributed by atoms with Gasteiger partial charge >= 0.3 is 6.16 Å². The molecule has 0 radical (unpaired) electrons. The van der Waals surface area contributed by atoms with E-state index in [1.54, 1.807) is 20.8 Å². The maximum absolute atomic E-state index is 14.0. The van der Waals surface area contributed by atoms with Crippen molar-refractivity contribution in [3.8, 4) is 5.75 Å². The molecule has 1 aromatic heterocycles. The van der Waals surface area contributed by atoms with Crippen LogP contribution >= 0.6 is 0 Å². The second kappa shape index (κ2) is 10.5. The Hall–Kier alpha value is -4.00. The molecule has 3 heterocycles. The normalized spacial score (nSPS) is 18.3. The van der Waals surface area contributed by atoms with Crippen LogP contribution in [0.3, 0.4) is 0 Å². The summed E-state index contributed by atoms with van der Waals surface area (Å²) < 4.78 is 49.2. The molecule has 1 aromatic carbocycles. The molecule has 0 aliphatic carbocycles. The summed E-state index contributed by atoms with van der Waals surface area (Å²) in [5, 5.41) is 2.41. The first-order valence-corrected chi connectivity index (χ1v) is 11.5. The molecule has 1 fully saturated rings. The largest absolute Gasteiger partial charge is 0.511 e. The lowest BCUT2D eigenvalue weighted by Crippen LogP contribution is -2.49. The summed E-state index contributed by atoms with van der Waals surface area (Å²) >= 11 is 0. The predicted molar refractivity (Wildman–Crippen MR) is 122 cm³/mol. The molecule has 1 N–H and O–H groups in total. The summed E-state index contributed by atoms with van der Waals surface area (Å²) in [6.45, 7) is 4.30. The number of halogens is 2. The van der Waals surface area contributed by atoms with Crippen molar-refractivity contribution in [3.05, 3.63) is 63.1 Å². The lowest BCUT2D eigenvalue weighted by Gasteiger charge is -2.34. The van der Waals surface area contributed by atoms with Gasteiger partial charge in [-0.2, -0.15) is 0 Å². The van der Waals surface area contributed by atoms with Crippen LogP contribution in [0.1, 0.15) is 47.2 Å². The Morgan fingerprint density at radius 2 is 2.00 bits per heavy atom. The molecular formula is C24H25F2N3O8. The second-order valence-corrected chi connectivity index (χ2v) is 8.79. The number of amides is 2. The summed E-state index contributed by atoms with van der Waals surface area (Å²) in [5.74, 6) is -3.58. The summed E-state index contributed by atoms with van der Waals surface area (Å²) in [5.41, 5.74) is -1.48. The number of nitrogens with zero attached hydrogens (tertiary/aromatic N) is 2. The SMILES string of the molecule is CC(C)OC(=O)OCOc1c2n(cc(C(=O)NCc3ccc(F)cc3F)c1=O)C[C@H]1OC[C@H](C)N1C2=O. The highest BCUT2D eigenvalue weighted by atomic mass is 19.1. The molecule has 2 aromatic rings. The minimum absolute atomic E-state index is 0.000475. The van der Waals surface area contributed by atoms with Crippen LogP contribution in [0.5, 0.6) is 5.75 Å². The van der Waals surface area contributed by atoms with Crippen molar-refractivity contribution in [2.75, 3.05) is 13.4 Å². The molecule has 198 valence electrons. The van der Waals surface area contributed by atoms with Crippen LogP contribution in [-0.4, -0.2) is 59.2 Å². The van der Waals surface area contributed by atoms with Gasteiger partial charge in [-0.3, -0.25) is 14.4 Å². The first-order chi connectivity index (χ1) is 17.6. The van der Waals surface area contributed by atoms with Crippen LogP contribution in [0, 0.1) is 11.6 Å². The van der Waals surface area contributed by atoms with Crippen LogP contribution in [0.2, 0.25) is 0 Å². The maximum Gasteiger partial charge on any atom is 0.511 e. The number of benzene rings is 1. The summed E-state index contributed by atoms with van der Waals surface area (Å²) in [6, 6.07) is 2.61. The fourth-order valence-electron chi connectivity index (χ4n) is 4.05. The summed E-state index contributed by atoms with van der Waals surface area (Å²) in [4.78, 5) is 52.6. The Bertz CT molecular complexity index is 1300. The van der Waals surface area contributed by atoms with E-state index >= 15 is 0 Å². The van der Waals surface area contributed by atoms with E-state index in [9.17, 15) is 28.0 Å². The third kappa shape index (κ3) is 5.40. The number of aromatic nitrogens is 1. The molecule has 4 rings (SSSR count). The van der Waals surface area contributed by atoms with E-state index in [4.69, 9.17) is 18.9 Å². The molecule has 0 unspecified atom stereocenters.